The molecule has 2 aliphatic heterocycles. The van der Waals surface area contributed by atoms with Crippen molar-refractivity contribution in [3.8, 4) is 0 Å². The second-order valence-corrected chi connectivity index (χ2v) is 7.91. The van der Waals surface area contributed by atoms with Crippen molar-refractivity contribution < 1.29 is 24.0 Å². The summed E-state index contributed by atoms with van der Waals surface area (Å²) in [6, 6.07) is 4.26. The fraction of sp³-hybridized carbons (Fsp3) is 0.318. The van der Waals surface area contributed by atoms with Crippen molar-refractivity contribution in [1.82, 2.24) is 15.2 Å². The molecule has 0 saturated carbocycles. The molecule has 31 heavy (non-hydrogen) atoms. The zero-order valence-corrected chi connectivity index (χ0v) is 17.4. The summed E-state index contributed by atoms with van der Waals surface area (Å²) in [5.74, 6) is -1.58. The third-order valence-electron chi connectivity index (χ3n) is 5.80. The first-order valence-corrected chi connectivity index (χ1v) is 9.96. The molecule has 3 N–H and O–H groups in total. The summed E-state index contributed by atoms with van der Waals surface area (Å²) in [5, 5.41) is 5.07. The lowest BCUT2D eigenvalue weighted by molar-refractivity contribution is -0.136. The standard InChI is InChI=1S/C22H22N4O5/c1-10-18(12(3)27)11(2)23-19(10)21(30)24-14-4-5-15-13(8-14)9-26(22(15)31)16-6-7-17(28)25-20(16)29/h4-5,8,16,23H,6-7,9H2,1-3H3,(H,24,30)(H,25,28,29). The van der Waals surface area contributed by atoms with Crippen LogP contribution in [0.15, 0.2) is 18.2 Å². The first kappa shape index (κ1) is 20.5. The van der Waals surface area contributed by atoms with Crippen LogP contribution < -0.4 is 10.6 Å². The van der Waals surface area contributed by atoms with E-state index in [0.29, 0.717) is 39.3 Å². The van der Waals surface area contributed by atoms with Gasteiger partial charge in [-0.25, -0.2) is 0 Å². The zero-order valence-electron chi connectivity index (χ0n) is 17.4. The Labute approximate surface area is 178 Å². The molecule has 1 atom stereocenters. The van der Waals surface area contributed by atoms with Crippen molar-refractivity contribution >= 4 is 35.1 Å². The van der Waals surface area contributed by atoms with Gasteiger partial charge in [-0.15, -0.1) is 0 Å². The van der Waals surface area contributed by atoms with E-state index >= 15 is 0 Å². The first-order chi connectivity index (χ1) is 14.7. The number of carbonyl (C=O) groups is 5. The van der Waals surface area contributed by atoms with Gasteiger partial charge in [-0.3, -0.25) is 29.3 Å². The van der Waals surface area contributed by atoms with Crippen LogP contribution in [0.5, 0.6) is 0 Å². The number of hydrogen-bond donors (Lipinski definition) is 3. The van der Waals surface area contributed by atoms with Gasteiger partial charge in [-0.05, 0) is 56.5 Å². The summed E-state index contributed by atoms with van der Waals surface area (Å²) in [6.45, 7) is 5.13. The van der Waals surface area contributed by atoms with Crippen molar-refractivity contribution in [2.24, 2.45) is 0 Å². The number of hydrogen-bond acceptors (Lipinski definition) is 5. The van der Waals surface area contributed by atoms with Gasteiger partial charge in [0.15, 0.2) is 5.78 Å². The van der Waals surface area contributed by atoms with E-state index in [-0.39, 0.29) is 42.9 Å². The van der Waals surface area contributed by atoms with E-state index in [1.165, 1.54) is 11.8 Å². The van der Waals surface area contributed by atoms with E-state index in [4.69, 9.17) is 0 Å². The smallest absolute Gasteiger partial charge is 0.272 e. The third kappa shape index (κ3) is 3.52. The highest BCUT2D eigenvalue weighted by Crippen LogP contribution is 2.30. The highest BCUT2D eigenvalue weighted by molar-refractivity contribution is 6.08. The molecule has 0 spiro atoms. The maximum atomic E-state index is 12.8. The van der Waals surface area contributed by atoms with Crippen LogP contribution in [0.3, 0.4) is 0 Å². The summed E-state index contributed by atoms with van der Waals surface area (Å²) >= 11 is 0. The Morgan fingerprint density at radius 2 is 1.90 bits per heavy atom. The molecule has 1 saturated heterocycles. The van der Waals surface area contributed by atoms with E-state index in [1.807, 2.05) is 0 Å². The highest BCUT2D eigenvalue weighted by Gasteiger charge is 2.39. The highest BCUT2D eigenvalue weighted by atomic mass is 16.2. The molecule has 0 bridgehead atoms. The molecular weight excluding hydrogens is 400 g/mol. The van der Waals surface area contributed by atoms with Crippen LogP contribution in [-0.2, 0) is 16.1 Å². The maximum absolute atomic E-state index is 12.8. The molecule has 1 fully saturated rings. The van der Waals surface area contributed by atoms with Gasteiger partial charge < -0.3 is 15.2 Å². The average molecular weight is 422 g/mol. The summed E-state index contributed by atoms with van der Waals surface area (Å²) < 4.78 is 0. The van der Waals surface area contributed by atoms with Crippen molar-refractivity contribution in [2.75, 3.05) is 5.32 Å². The van der Waals surface area contributed by atoms with Crippen LogP contribution in [0.4, 0.5) is 5.69 Å². The minimum absolute atomic E-state index is 0.116. The normalized spacial score (nSPS) is 18.1. The number of fused-ring (bicyclic) bond motifs is 1. The summed E-state index contributed by atoms with van der Waals surface area (Å²) in [5.41, 5.74) is 3.69. The fourth-order valence-electron chi connectivity index (χ4n) is 4.35. The molecule has 3 heterocycles. The molecule has 4 amide bonds. The number of amides is 4. The molecule has 1 aromatic heterocycles. The quantitative estimate of drug-likeness (QED) is 0.512. The molecule has 2 aromatic rings. The number of rotatable bonds is 4. The number of H-pyrrole nitrogens is 1. The average Bonchev–Trinajstić information content (AvgIpc) is 3.17. The lowest BCUT2D eigenvalue weighted by Gasteiger charge is -2.29. The Hall–Kier alpha value is -3.75. The number of ketones is 1. The maximum Gasteiger partial charge on any atom is 0.272 e. The molecule has 2 aliphatic rings. The van der Waals surface area contributed by atoms with Gasteiger partial charge in [-0.1, -0.05) is 0 Å². The number of nitrogens with zero attached hydrogens (tertiary/aromatic N) is 1. The molecule has 4 rings (SSSR count). The zero-order chi connectivity index (χ0) is 22.4. The molecular formula is C22H22N4O5. The predicted molar refractivity (Wildman–Crippen MR) is 111 cm³/mol. The SMILES string of the molecule is CC(=O)c1c(C)[nH]c(C(=O)Nc2ccc3c(c2)CN(C2CCC(=O)NC2=O)C3=O)c1C. The number of aromatic amines is 1. The van der Waals surface area contributed by atoms with Crippen molar-refractivity contribution in [3.63, 3.8) is 0 Å². The first-order valence-electron chi connectivity index (χ1n) is 9.96. The van der Waals surface area contributed by atoms with Crippen LogP contribution in [-0.4, -0.2) is 45.3 Å². The number of imide groups is 1. The lowest BCUT2D eigenvalue weighted by atomic mass is 10.0. The van der Waals surface area contributed by atoms with Gasteiger partial charge >= 0.3 is 0 Å². The van der Waals surface area contributed by atoms with Gasteiger partial charge in [0.25, 0.3) is 11.8 Å². The summed E-state index contributed by atoms with van der Waals surface area (Å²) in [7, 11) is 0. The van der Waals surface area contributed by atoms with Crippen molar-refractivity contribution in [3.05, 3.63) is 51.8 Å². The molecule has 1 aromatic carbocycles. The van der Waals surface area contributed by atoms with Crippen molar-refractivity contribution in [2.45, 2.75) is 46.2 Å². The second-order valence-electron chi connectivity index (χ2n) is 7.91. The largest absolute Gasteiger partial charge is 0.354 e. The van der Waals surface area contributed by atoms with Crippen molar-refractivity contribution in [1.29, 1.82) is 0 Å². The minimum Gasteiger partial charge on any atom is -0.354 e. The van der Waals surface area contributed by atoms with Gasteiger partial charge in [0.2, 0.25) is 11.8 Å². The van der Waals surface area contributed by atoms with E-state index in [0.717, 1.165) is 0 Å². The monoisotopic (exact) mass is 422 g/mol. The number of Topliss-reactive ketones (excluding diaryl/α,β-unsaturated/α-hetero) is 1. The third-order valence-corrected chi connectivity index (χ3v) is 5.80. The predicted octanol–water partition coefficient (Wildman–Crippen LogP) is 1.85. The van der Waals surface area contributed by atoms with E-state index < -0.39 is 11.9 Å². The van der Waals surface area contributed by atoms with Crippen LogP contribution in [0, 0.1) is 13.8 Å². The van der Waals surface area contributed by atoms with Crippen LogP contribution in [0.1, 0.15) is 67.8 Å². The molecule has 0 aliphatic carbocycles. The number of aromatic nitrogens is 1. The number of piperidine rings is 1. The number of aryl methyl sites for hydroxylation is 1. The fourth-order valence-corrected chi connectivity index (χ4v) is 4.35. The molecule has 160 valence electrons. The Morgan fingerprint density at radius 1 is 1.16 bits per heavy atom. The molecule has 9 heteroatoms. The van der Waals surface area contributed by atoms with Crippen LogP contribution in [0.2, 0.25) is 0 Å². The molecule has 9 nitrogen and oxygen atoms in total. The Bertz CT molecular complexity index is 1160. The van der Waals surface area contributed by atoms with E-state index in [2.05, 4.69) is 15.6 Å². The Kier molecular flexibility index (Phi) is 4.96. The lowest BCUT2D eigenvalue weighted by Crippen LogP contribution is -2.52. The topological polar surface area (TPSA) is 128 Å². The second kappa shape index (κ2) is 7.50. The summed E-state index contributed by atoms with van der Waals surface area (Å²) in [4.78, 5) is 65.3. The Morgan fingerprint density at radius 3 is 2.55 bits per heavy atom. The van der Waals surface area contributed by atoms with E-state index in [9.17, 15) is 24.0 Å². The number of carbonyl (C=O) groups excluding carboxylic acids is 5. The Balaban J connectivity index is 1.53. The van der Waals surface area contributed by atoms with Crippen LogP contribution >= 0.6 is 0 Å². The molecule has 1 unspecified atom stereocenters. The van der Waals surface area contributed by atoms with Gasteiger partial charge in [-0.2, -0.15) is 0 Å². The number of anilines is 1. The van der Waals surface area contributed by atoms with Crippen LogP contribution in [0.25, 0.3) is 0 Å². The van der Waals surface area contributed by atoms with Gasteiger partial charge in [0.1, 0.15) is 11.7 Å². The number of nitrogens with one attached hydrogen (secondary N) is 3. The number of benzene rings is 1. The minimum atomic E-state index is -0.690. The summed E-state index contributed by atoms with van der Waals surface area (Å²) in [6.07, 6.45) is 0.479. The van der Waals surface area contributed by atoms with Gasteiger partial charge in [0, 0.05) is 35.5 Å². The molecule has 0 radical (unpaired) electrons. The van der Waals surface area contributed by atoms with Gasteiger partial charge in [0.05, 0.1) is 0 Å². The van der Waals surface area contributed by atoms with E-state index in [1.54, 1.807) is 32.0 Å².